The second kappa shape index (κ2) is 8.02. The maximum atomic E-state index is 13.4. The molecule has 0 saturated carbocycles. The molecule has 0 fully saturated rings. The Morgan fingerprint density at radius 3 is 2.44 bits per heavy atom. The number of H-pyrrole nitrogens is 1. The van der Waals surface area contributed by atoms with E-state index in [4.69, 9.17) is 16.0 Å². The zero-order chi connectivity index (χ0) is 22.2. The van der Waals surface area contributed by atoms with Crippen molar-refractivity contribution in [3.05, 3.63) is 111 Å². The zero-order valence-corrected chi connectivity index (χ0v) is 17.6. The molecule has 2 heterocycles. The van der Waals surface area contributed by atoms with Gasteiger partial charge in [-0.15, -0.1) is 0 Å². The molecule has 5 aromatic rings. The summed E-state index contributed by atoms with van der Waals surface area (Å²) in [6.07, 6.45) is 1.85. The van der Waals surface area contributed by atoms with Gasteiger partial charge in [-0.25, -0.2) is 4.79 Å². The third-order valence-electron chi connectivity index (χ3n) is 5.72. The molecular formula is C26H18ClNO4. The van der Waals surface area contributed by atoms with Gasteiger partial charge in [-0.1, -0.05) is 54.1 Å². The Labute approximate surface area is 187 Å². The molecule has 2 N–H and O–H groups in total. The molecule has 0 amide bonds. The quantitative estimate of drug-likeness (QED) is 0.256. The lowest BCUT2D eigenvalue weighted by atomic mass is 9.85. The van der Waals surface area contributed by atoms with E-state index in [9.17, 15) is 14.7 Å². The van der Waals surface area contributed by atoms with E-state index in [-0.39, 0.29) is 29.2 Å². The molecule has 0 bridgehead atoms. The number of nitrogens with one attached hydrogen (secondary N) is 1. The highest BCUT2D eigenvalue weighted by atomic mass is 35.5. The molecule has 158 valence electrons. The van der Waals surface area contributed by atoms with Crippen molar-refractivity contribution >= 4 is 39.3 Å². The Morgan fingerprint density at radius 2 is 1.66 bits per heavy atom. The van der Waals surface area contributed by atoms with Gasteiger partial charge in [0.25, 0.3) is 0 Å². The van der Waals surface area contributed by atoms with E-state index < -0.39 is 11.4 Å². The summed E-state index contributed by atoms with van der Waals surface area (Å²) in [5.41, 5.74) is 1.79. The number of aromatic nitrogens is 1. The fourth-order valence-corrected chi connectivity index (χ4v) is 4.28. The predicted molar refractivity (Wildman–Crippen MR) is 125 cm³/mol. The number of hydrogen-bond donors (Lipinski definition) is 2. The maximum absolute atomic E-state index is 13.4. The van der Waals surface area contributed by atoms with E-state index in [1.165, 1.54) is 0 Å². The Bertz CT molecular complexity index is 1510. The minimum absolute atomic E-state index is 0.0276. The summed E-state index contributed by atoms with van der Waals surface area (Å²) in [6.45, 7) is 0. The van der Waals surface area contributed by atoms with Crippen molar-refractivity contribution in [3.8, 4) is 5.75 Å². The number of hydrogen-bond acceptors (Lipinski definition) is 4. The summed E-state index contributed by atoms with van der Waals surface area (Å²) < 4.78 is 5.30. The molecule has 32 heavy (non-hydrogen) atoms. The molecule has 5 rings (SSSR count). The fourth-order valence-electron chi connectivity index (χ4n) is 4.15. The standard InChI is InChI=1S/C26H18ClNO4/c27-16-11-9-15(10-12-16)19(20-14-28-21-7-3-1-5-17(20)21)13-22(29)24-25(30)18-6-2-4-8-23(18)32-26(24)31/h1-12,14,19,28,30H,13H2. The molecule has 5 nitrogen and oxygen atoms in total. The lowest BCUT2D eigenvalue weighted by Crippen LogP contribution is -2.17. The summed E-state index contributed by atoms with van der Waals surface area (Å²) >= 11 is 6.08. The van der Waals surface area contributed by atoms with Gasteiger partial charge in [0.15, 0.2) is 5.78 Å². The van der Waals surface area contributed by atoms with Crippen LogP contribution in [0.4, 0.5) is 0 Å². The normalized spacial score (nSPS) is 12.3. The first-order chi connectivity index (χ1) is 15.5. The molecule has 0 saturated heterocycles. The average Bonchev–Trinajstić information content (AvgIpc) is 3.22. The number of ketones is 1. The van der Waals surface area contributed by atoms with E-state index >= 15 is 0 Å². The molecule has 0 aliphatic carbocycles. The molecule has 3 aromatic carbocycles. The molecule has 6 heteroatoms. The van der Waals surface area contributed by atoms with Gasteiger partial charge in [0.05, 0.1) is 5.39 Å². The number of aromatic amines is 1. The van der Waals surface area contributed by atoms with Crippen LogP contribution in [0, 0.1) is 0 Å². The number of benzene rings is 3. The van der Waals surface area contributed by atoms with Crippen LogP contribution in [0.5, 0.6) is 5.75 Å². The van der Waals surface area contributed by atoms with Crippen LogP contribution in [0.2, 0.25) is 5.02 Å². The van der Waals surface area contributed by atoms with Crippen molar-refractivity contribution in [1.82, 2.24) is 4.98 Å². The molecule has 2 aromatic heterocycles. The van der Waals surface area contributed by atoms with Crippen LogP contribution < -0.4 is 5.63 Å². The Hall–Kier alpha value is -3.83. The molecule has 1 atom stereocenters. The summed E-state index contributed by atoms with van der Waals surface area (Å²) in [5, 5.41) is 12.6. The first-order valence-electron chi connectivity index (χ1n) is 10.1. The Kier molecular flexibility index (Phi) is 5.04. The van der Waals surface area contributed by atoms with E-state index in [1.807, 2.05) is 42.6 Å². The monoisotopic (exact) mass is 443 g/mol. The SMILES string of the molecule is O=C(CC(c1ccc(Cl)cc1)c1c[nH]c2ccccc12)c1c(O)c2ccccc2oc1=O. The molecule has 0 aliphatic heterocycles. The molecule has 1 unspecified atom stereocenters. The lowest BCUT2D eigenvalue weighted by Gasteiger charge is -2.17. The van der Waals surface area contributed by atoms with Gasteiger partial charge in [-0.05, 0) is 41.5 Å². The van der Waals surface area contributed by atoms with Crippen LogP contribution in [0.25, 0.3) is 21.9 Å². The third kappa shape index (κ3) is 3.47. The van der Waals surface area contributed by atoms with Gasteiger partial charge in [0.2, 0.25) is 0 Å². The van der Waals surface area contributed by atoms with Crippen LogP contribution in [0.3, 0.4) is 0 Å². The number of halogens is 1. The predicted octanol–water partition coefficient (Wildman–Crippen LogP) is 6.04. The van der Waals surface area contributed by atoms with E-state index in [2.05, 4.69) is 4.98 Å². The van der Waals surface area contributed by atoms with Crippen LogP contribution in [0.15, 0.2) is 88.2 Å². The van der Waals surface area contributed by atoms with Crippen molar-refractivity contribution in [2.45, 2.75) is 12.3 Å². The lowest BCUT2D eigenvalue weighted by molar-refractivity contribution is 0.0971. The topological polar surface area (TPSA) is 83.3 Å². The largest absolute Gasteiger partial charge is 0.506 e. The van der Waals surface area contributed by atoms with Gasteiger partial charge in [0.1, 0.15) is 16.9 Å². The number of aromatic hydroxyl groups is 1. The average molecular weight is 444 g/mol. The van der Waals surface area contributed by atoms with Gasteiger partial charge >= 0.3 is 5.63 Å². The van der Waals surface area contributed by atoms with Crippen molar-refractivity contribution in [2.24, 2.45) is 0 Å². The highest BCUT2D eigenvalue weighted by Crippen LogP contribution is 2.36. The number of carbonyl (C=O) groups is 1. The minimum Gasteiger partial charge on any atom is -0.506 e. The number of fused-ring (bicyclic) bond motifs is 2. The van der Waals surface area contributed by atoms with Gasteiger partial charge in [-0.2, -0.15) is 0 Å². The van der Waals surface area contributed by atoms with E-state index in [1.54, 1.807) is 36.4 Å². The third-order valence-corrected chi connectivity index (χ3v) is 5.98. The molecular weight excluding hydrogens is 426 g/mol. The molecule has 0 radical (unpaired) electrons. The first-order valence-corrected chi connectivity index (χ1v) is 10.5. The van der Waals surface area contributed by atoms with Crippen molar-refractivity contribution in [2.75, 3.05) is 0 Å². The van der Waals surface area contributed by atoms with Crippen molar-refractivity contribution in [1.29, 1.82) is 0 Å². The first kappa shape index (κ1) is 20.1. The highest BCUT2D eigenvalue weighted by molar-refractivity contribution is 6.30. The summed E-state index contributed by atoms with van der Waals surface area (Å²) in [7, 11) is 0. The molecule has 0 spiro atoms. The zero-order valence-electron chi connectivity index (χ0n) is 16.8. The van der Waals surface area contributed by atoms with Crippen LogP contribution >= 0.6 is 11.6 Å². The summed E-state index contributed by atoms with van der Waals surface area (Å²) in [5.74, 6) is -1.20. The van der Waals surface area contributed by atoms with Gasteiger partial charge < -0.3 is 14.5 Å². The van der Waals surface area contributed by atoms with Crippen LogP contribution in [0.1, 0.15) is 33.8 Å². The minimum atomic E-state index is -0.847. The maximum Gasteiger partial charge on any atom is 0.351 e. The van der Waals surface area contributed by atoms with Gasteiger partial charge in [0, 0.05) is 34.5 Å². The van der Waals surface area contributed by atoms with Crippen LogP contribution in [-0.2, 0) is 0 Å². The summed E-state index contributed by atoms with van der Waals surface area (Å²) in [4.78, 5) is 29.2. The van der Waals surface area contributed by atoms with Crippen molar-refractivity contribution in [3.63, 3.8) is 0 Å². The van der Waals surface area contributed by atoms with Gasteiger partial charge in [-0.3, -0.25) is 4.79 Å². The second-order valence-electron chi connectivity index (χ2n) is 7.63. The number of para-hydroxylation sites is 2. The fraction of sp³-hybridized carbons (Fsp3) is 0.0769. The highest BCUT2D eigenvalue weighted by Gasteiger charge is 2.27. The van der Waals surface area contributed by atoms with E-state index in [0.29, 0.717) is 10.4 Å². The smallest absolute Gasteiger partial charge is 0.351 e. The Balaban J connectivity index is 1.62. The number of Topliss-reactive ketones (excluding diaryl/α,β-unsaturated/α-hetero) is 1. The van der Waals surface area contributed by atoms with Crippen LogP contribution in [-0.4, -0.2) is 15.9 Å². The van der Waals surface area contributed by atoms with Crippen molar-refractivity contribution < 1.29 is 14.3 Å². The second-order valence-corrected chi connectivity index (χ2v) is 8.07. The summed E-state index contributed by atoms with van der Waals surface area (Å²) in [6, 6.07) is 21.7. The molecule has 0 aliphatic rings. The number of carbonyl (C=O) groups excluding carboxylic acids is 1. The number of rotatable bonds is 5. The van der Waals surface area contributed by atoms with E-state index in [0.717, 1.165) is 22.0 Å². The Morgan fingerprint density at radius 1 is 0.969 bits per heavy atom.